The minimum atomic E-state index is -1.24. The van der Waals surface area contributed by atoms with Crippen LogP contribution < -0.4 is 5.32 Å². The van der Waals surface area contributed by atoms with Crippen LogP contribution in [0.15, 0.2) is 30.5 Å². The third-order valence-electron chi connectivity index (χ3n) is 3.89. The molecule has 0 radical (unpaired) electrons. The summed E-state index contributed by atoms with van der Waals surface area (Å²) in [4.78, 5) is 26.5. The predicted molar refractivity (Wildman–Crippen MR) is 70.8 cm³/mol. The molecule has 1 amide bonds. The van der Waals surface area contributed by atoms with E-state index in [1.54, 1.807) is 6.20 Å². The van der Waals surface area contributed by atoms with Gasteiger partial charge in [-0.1, -0.05) is 24.6 Å². The van der Waals surface area contributed by atoms with Gasteiger partial charge in [0.25, 0.3) is 0 Å². The van der Waals surface area contributed by atoms with Gasteiger partial charge >= 0.3 is 5.97 Å². The number of aromatic nitrogens is 1. The Bertz CT molecular complexity index is 656. The average molecular weight is 258 g/mol. The van der Waals surface area contributed by atoms with Gasteiger partial charge in [0.15, 0.2) is 0 Å². The lowest BCUT2D eigenvalue weighted by Crippen LogP contribution is -2.48. The minimum absolute atomic E-state index is 0.413. The first-order chi connectivity index (χ1) is 9.13. The van der Waals surface area contributed by atoms with E-state index in [0.717, 1.165) is 17.3 Å². The number of rotatable bonds is 3. The summed E-state index contributed by atoms with van der Waals surface area (Å²) in [5.41, 5.74) is 0.308. The van der Waals surface area contributed by atoms with Gasteiger partial charge < -0.3 is 15.4 Å². The highest BCUT2D eigenvalue weighted by Gasteiger charge is 2.51. The van der Waals surface area contributed by atoms with E-state index in [1.165, 1.54) is 0 Å². The van der Waals surface area contributed by atoms with Crippen LogP contribution >= 0.6 is 0 Å². The molecule has 3 N–H and O–H groups in total. The minimum Gasteiger partial charge on any atom is -0.480 e. The van der Waals surface area contributed by atoms with Gasteiger partial charge in [-0.05, 0) is 18.9 Å². The quantitative estimate of drug-likeness (QED) is 0.739. The van der Waals surface area contributed by atoms with E-state index < -0.39 is 17.3 Å². The second kappa shape index (κ2) is 4.12. The van der Waals surface area contributed by atoms with Gasteiger partial charge in [-0.2, -0.15) is 0 Å². The fourth-order valence-electron chi connectivity index (χ4n) is 2.49. The van der Waals surface area contributed by atoms with Crippen molar-refractivity contribution in [3.05, 3.63) is 30.5 Å². The van der Waals surface area contributed by atoms with Crippen molar-refractivity contribution in [1.29, 1.82) is 0 Å². The third-order valence-corrected chi connectivity index (χ3v) is 3.89. The maximum absolute atomic E-state index is 12.2. The zero-order valence-corrected chi connectivity index (χ0v) is 10.3. The van der Waals surface area contributed by atoms with Crippen molar-refractivity contribution in [2.75, 3.05) is 5.32 Å². The van der Waals surface area contributed by atoms with Crippen LogP contribution in [0.3, 0.4) is 0 Å². The van der Waals surface area contributed by atoms with Gasteiger partial charge in [-0.15, -0.1) is 0 Å². The molecule has 1 aromatic heterocycles. The van der Waals surface area contributed by atoms with Crippen molar-refractivity contribution in [3.8, 4) is 0 Å². The van der Waals surface area contributed by atoms with Crippen molar-refractivity contribution in [1.82, 2.24) is 4.98 Å². The summed E-state index contributed by atoms with van der Waals surface area (Å²) in [5, 5.41) is 12.9. The SMILES string of the molecule is O=C(O)C1(C(=O)Nc2c[nH]c3ccccc23)CCC1. The molecule has 0 unspecified atom stereocenters. The van der Waals surface area contributed by atoms with E-state index in [0.29, 0.717) is 18.5 Å². The van der Waals surface area contributed by atoms with Crippen LogP contribution in [-0.4, -0.2) is 22.0 Å². The van der Waals surface area contributed by atoms with Crippen LogP contribution in [0.25, 0.3) is 10.9 Å². The van der Waals surface area contributed by atoms with E-state index in [-0.39, 0.29) is 0 Å². The van der Waals surface area contributed by atoms with Crippen molar-refractivity contribution >= 4 is 28.5 Å². The number of nitrogens with one attached hydrogen (secondary N) is 2. The van der Waals surface area contributed by atoms with Gasteiger partial charge in [0.1, 0.15) is 5.41 Å². The number of carbonyl (C=O) groups is 2. The number of hydrogen-bond acceptors (Lipinski definition) is 2. The zero-order valence-electron chi connectivity index (χ0n) is 10.3. The highest BCUT2D eigenvalue weighted by atomic mass is 16.4. The fourth-order valence-corrected chi connectivity index (χ4v) is 2.49. The summed E-state index contributed by atoms with van der Waals surface area (Å²) >= 11 is 0. The van der Waals surface area contributed by atoms with Crippen LogP contribution in [0.5, 0.6) is 0 Å². The molecule has 1 saturated carbocycles. The average Bonchev–Trinajstić information content (AvgIpc) is 2.71. The fraction of sp³-hybridized carbons (Fsp3) is 0.286. The van der Waals surface area contributed by atoms with Crippen molar-refractivity contribution < 1.29 is 14.7 Å². The molecule has 1 aromatic carbocycles. The summed E-state index contributed by atoms with van der Waals surface area (Å²) in [5.74, 6) is -1.45. The summed E-state index contributed by atoms with van der Waals surface area (Å²) < 4.78 is 0. The van der Waals surface area contributed by atoms with Crippen molar-refractivity contribution in [2.24, 2.45) is 5.41 Å². The highest BCUT2D eigenvalue weighted by Crippen LogP contribution is 2.42. The molecule has 1 fully saturated rings. The number of amides is 1. The smallest absolute Gasteiger partial charge is 0.319 e. The van der Waals surface area contributed by atoms with Crippen molar-refractivity contribution in [2.45, 2.75) is 19.3 Å². The number of benzene rings is 1. The van der Waals surface area contributed by atoms with Gasteiger partial charge in [0, 0.05) is 17.1 Å². The van der Waals surface area contributed by atoms with Crippen molar-refractivity contribution in [3.63, 3.8) is 0 Å². The molecule has 1 aliphatic carbocycles. The number of aromatic amines is 1. The Balaban J connectivity index is 1.89. The largest absolute Gasteiger partial charge is 0.480 e. The number of anilines is 1. The summed E-state index contributed by atoms with van der Waals surface area (Å²) in [6, 6.07) is 7.56. The van der Waals surface area contributed by atoms with Gasteiger partial charge in [0.05, 0.1) is 5.69 Å². The number of fused-ring (bicyclic) bond motifs is 1. The Labute approximate surface area is 109 Å². The van der Waals surface area contributed by atoms with E-state index in [9.17, 15) is 14.7 Å². The normalized spacial score (nSPS) is 16.8. The molecule has 19 heavy (non-hydrogen) atoms. The molecule has 1 aliphatic rings. The lowest BCUT2D eigenvalue weighted by Gasteiger charge is -2.35. The number of carboxylic acids is 1. The number of carbonyl (C=O) groups excluding carboxylic acids is 1. The molecule has 0 bridgehead atoms. The summed E-state index contributed by atoms with van der Waals surface area (Å²) in [6.45, 7) is 0. The summed E-state index contributed by atoms with van der Waals surface area (Å²) in [6.07, 6.45) is 3.30. The maximum Gasteiger partial charge on any atom is 0.319 e. The van der Waals surface area contributed by atoms with E-state index in [4.69, 9.17) is 0 Å². The van der Waals surface area contributed by atoms with Crippen LogP contribution in [-0.2, 0) is 9.59 Å². The van der Waals surface area contributed by atoms with Crippen LogP contribution in [0, 0.1) is 5.41 Å². The number of aliphatic carboxylic acids is 1. The molecular formula is C14H14N2O3. The number of para-hydroxylation sites is 1. The highest BCUT2D eigenvalue weighted by molar-refractivity contribution is 6.11. The van der Waals surface area contributed by atoms with E-state index in [1.807, 2.05) is 24.3 Å². The Morgan fingerprint density at radius 3 is 2.63 bits per heavy atom. The van der Waals surface area contributed by atoms with Gasteiger partial charge in [-0.25, -0.2) is 0 Å². The van der Waals surface area contributed by atoms with E-state index in [2.05, 4.69) is 10.3 Å². The number of hydrogen-bond donors (Lipinski definition) is 3. The first-order valence-electron chi connectivity index (χ1n) is 6.24. The van der Waals surface area contributed by atoms with Crippen LogP contribution in [0.2, 0.25) is 0 Å². The predicted octanol–water partition coefficient (Wildman–Crippen LogP) is 2.36. The zero-order chi connectivity index (χ0) is 13.5. The molecule has 1 heterocycles. The lowest BCUT2D eigenvalue weighted by atomic mass is 9.68. The molecular weight excluding hydrogens is 244 g/mol. The Morgan fingerprint density at radius 1 is 1.26 bits per heavy atom. The topological polar surface area (TPSA) is 82.2 Å². The Hall–Kier alpha value is -2.30. The maximum atomic E-state index is 12.2. The Morgan fingerprint density at radius 2 is 2.00 bits per heavy atom. The van der Waals surface area contributed by atoms with E-state index >= 15 is 0 Å². The first kappa shape index (κ1) is 11.8. The van der Waals surface area contributed by atoms with Crippen LogP contribution in [0.4, 0.5) is 5.69 Å². The molecule has 98 valence electrons. The number of H-pyrrole nitrogens is 1. The van der Waals surface area contributed by atoms with Gasteiger partial charge in [-0.3, -0.25) is 9.59 Å². The Kier molecular flexibility index (Phi) is 2.55. The molecule has 0 atom stereocenters. The standard InChI is InChI=1S/C14H14N2O3/c17-12(14(13(18)19)6-3-7-14)16-11-8-15-10-5-2-1-4-9(10)11/h1-2,4-5,8,15H,3,6-7H2,(H,16,17)(H,18,19). The van der Waals surface area contributed by atoms with Crippen LogP contribution in [0.1, 0.15) is 19.3 Å². The molecule has 5 heteroatoms. The van der Waals surface area contributed by atoms with Gasteiger partial charge in [0.2, 0.25) is 5.91 Å². The first-order valence-corrected chi connectivity index (χ1v) is 6.24. The molecule has 0 spiro atoms. The third kappa shape index (κ3) is 1.69. The molecule has 0 aliphatic heterocycles. The lowest BCUT2D eigenvalue weighted by molar-refractivity contribution is -0.159. The monoisotopic (exact) mass is 258 g/mol. The molecule has 3 rings (SSSR count). The molecule has 2 aromatic rings. The molecule has 0 saturated heterocycles. The summed E-state index contributed by atoms with van der Waals surface area (Å²) in [7, 11) is 0. The number of carboxylic acid groups (broad SMARTS) is 1. The molecule has 5 nitrogen and oxygen atoms in total. The second-order valence-electron chi connectivity index (χ2n) is 4.94. The second-order valence-corrected chi connectivity index (χ2v) is 4.94.